The van der Waals surface area contributed by atoms with Crippen LogP contribution in [-0.2, 0) is 25.7 Å². The molecule has 1 saturated carbocycles. The second-order valence-corrected chi connectivity index (χ2v) is 13.2. The molecule has 0 radical (unpaired) electrons. The van der Waals surface area contributed by atoms with Gasteiger partial charge in [-0.15, -0.1) is 34.5 Å². The van der Waals surface area contributed by atoms with Gasteiger partial charge in [-0.2, -0.15) is 0 Å². The Bertz CT molecular complexity index is 1430. The maximum absolute atomic E-state index is 13.8. The summed E-state index contributed by atoms with van der Waals surface area (Å²) in [7, 11) is 0. The number of hydrogen-bond acceptors (Lipinski definition) is 6. The lowest BCUT2D eigenvalue weighted by molar-refractivity contribution is -0.141. The molecule has 6 unspecified atom stereocenters. The molecule has 2 aliphatic heterocycles. The van der Waals surface area contributed by atoms with Crippen LogP contribution < -0.4 is 0 Å². The van der Waals surface area contributed by atoms with E-state index in [9.17, 15) is 24.3 Å². The van der Waals surface area contributed by atoms with E-state index in [0.29, 0.717) is 11.1 Å². The predicted octanol–water partition coefficient (Wildman–Crippen LogP) is 5.02. The summed E-state index contributed by atoms with van der Waals surface area (Å²) < 4.78 is 0. The van der Waals surface area contributed by atoms with Crippen molar-refractivity contribution >= 4 is 85.7 Å². The van der Waals surface area contributed by atoms with Crippen molar-refractivity contribution in [3.05, 3.63) is 62.8 Å². The molecule has 3 fully saturated rings. The number of thiophene rings is 1. The Hall–Kier alpha value is -1.91. The van der Waals surface area contributed by atoms with Gasteiger partial charge in [-0.3, -0.25) is 29.0 Å². The number of allylic oxidation sites excluding steroid dienone is 2. The number of carbonyl (C=O) groups excluding carboxylic acids is 4. The van der Waals surface area contributed by atoms with Gasteiger partial charge >= 0.3 is 0 Å². The molecule has 2 aromatic rings. The zero-order valence-corrected chi connectivity index (χ0v) is 24.2. The fourth-order valence-corrected chi connectivity index (χ4v) is 9.02. The zero-order chi connectivity index (χ0) is 27.1. The van der Waals surface area contributed by atoms with Crippen LogP contribution in [0.5, 0.6) is 5.75 Å². The standard InChI is InChI=1S/C26H20BrCl3N2O5S/c27-11-32-23(36)25(29)9-17-14(20(26(25,30)24(32)37)15-4-3-12(33)8-18(15)28)5-6-16-19(17)22(35)31(21(16)34)10-13-2-1-7-38-13/h1-5,7-8,16-17,19-20,33H,6,9-11H2. The molecule has 7 nitrogen and oxygen atoms in total. The van der Waals surface area contributed by atoms with Crippen molar-refractivity contribution in [1.82, 2.24) is 9.80 Å². The minimum absolute atomic E-state index is 0.0822. The summed E-state index contributed by atoms with van der Waals surface area (Å²) in [5, 5.41) is 12.0. The fourth-order valence-electron chi connectivity index (χ4n) is 6.63. The Labute approximate surface area is 245 Å². The molecule has 4 amide bonds. The number of hydrogen-bond donors (Lipinski definition) is 1. The third-order valence-corrected chi connectivity index (χ3v) is 11.4. The second-order valence-electron chi connectivity index (χ2n) is 10.0. The van der Waals surface area contributed by atoms with Crippen LogP contribution in [0.4, 0.5) is 0 Å². The van der Waals surface area contributed by atoms with Crippen molar-refractivity contribution < 1.29 is 24.3 Å². The van der Waals surface area contributed by atoms with E-state index in [4.69, 9.17) is 34.8 Å². The van der Waals surface area contributed by atoms with Crippen LogP contribution in [0.25, 0.3) is 0 Å². The van der Waals surface area contributed by atoms with Gasteiger partial charge in [0.15, 0.2) is 9.75 Å². The summed E-state index contributed by atoms with van der Waals surface area (Å²) in [5.74, 6) is -4.94. The number of phenolic OH excluding ortho intramolecular Hbond substituents is 1. The first-order chi connectivity index (χ1) is 18.0. The molecule has 0 bridgehead atoms. The first-order valence-electron chi connectivity index (χ1n) is 11.9. The van der Waals surface area contributed by atoms with E-state index in [0.717, 1.165) is 9.78 Å². The molecule has 3 heterocycles. The summed E-state index contributed by atoms with van der Waals surface area (Å²) in [5.41, 5.74) is 0.955. The highest BCUT2D eigenvalue weighted by molar-refractivity contribution is 9.09. The van der Waals surface area contributed by atoms with Crippen LogP contribution in [0.15, 0.2) is 47.4 Å². The molecule has 12 heteroatoms. The van der Waals surface area contributed by atoms with Gasteiger partial charge in [0.2, 0.25) is 11.8 Å². The number of benzene rings is 1. The number of amides is 4. The van der Waals surface area contributed by atoms with Gasteiger partial charge in [0, 0.05) is 15.8 Å². The number of fused-ring (bicyclic) bond motifs is 4. The Balaban J connectivity index is 1.51. The molecule has 38 heavy (non-hydrogen) atoms. The van der Waals surface area contributed by atoms with Crippen molar-refractivity contribution in [3.63, 3.8) is 0 Å². The molecule has 1 aromatic heterocycles. The largest absolute Gasteiger partial charge is 0.508 e. The monoisotopic (exact) mass is 656 g/mol. The number of likely N-dealkylation sites (tertiary alicyclic amines) is 2. The van der Waals surface area contributed by atoms with Crippen LogP contribution in [0.2, 0.25) is 5.02 Å². The number of carbonyl (C=O) groups is 4. The van der Waals surface area contributed by atoms with Gasteiger partial charge in [0.25, 0.3) is 11.8 Å². The predicted molar refractivity (Wildman–Crippen MR) is 146 cm³/mol. The van der Waals surface area contributed by atoms with Crippen LogP contribution in [0.3, 0.4) is 0 Å². The van der Waals surface area contributed by atoms with Crippen molar-refractivity contribution in [3.8, 4) is 5.75 Å². The number of rotatable bonds is 4. The normalized spacial score (nSPS) is 34.4. The lowest BCUT2D eigenvalue weighted by Crippen LogP contribution is -2.60. The van der Waals surface area contributed by atoms with Crippen LogP contribution in [0, 0.1) is 17.8 Å². The number of phenols is 1. The van der Waals surface area contributed by atoms with E-state index >= 15 is 0 Å². The maximum atomic E-state index is 13.8. The average molecular weight is 659 g/mol. The summed E-state index contributed by atoms with van der Waals surface area (Å²) in [6.07, 6.45) is 2.05. The first-order valence-corrected chi connectivity index (χ1v) is 15.0. The Kier molecular flexibility index (Phi) is 6.28. The summed E-state index contributed by atoms with van der Waals surface area (Å²) in [6.45, 7) is 0.178. The summed E-state index contributed by atoms with van der Waals surface area (Å²) >= 11 is 25.6. The van der Waals surface area contributed by atoms with Crippen molar-refractivity contribution in [2.45, 2.75) is 35.1 Å². The molecule has 198 valence electrons. The second kappa shape index (κ2) is 9.06. The van der Waals surface area contributed by atoms with E-state index in [1.807, 2.05) is 23.6 Å². The number of alkyl halides is 3. The first kappa shape index (κ1) is 26.3. The molecule has 2 aliphatic carbocycles. The Morgan fingerprint density at radius 1 is 1.05 bits per heavy atom. The highest BCUT2D eigenvalue weighted by Gasteiger charge is 2.76. The van der Waals surface area contributed by atoms with E-state index in [-0.39, 0.29) is 47.4 Å². The highest BCUT2D eigenvalue weighted by atomic mass is 79.9. The molecule has 4 aliphatic rings. The number of imide groups is 2. The van der Waals surface area contributed by atoms with Crippen LogP contribution in [-0.4, -0.2) is 53.7 Å². The fraction of sp³-hybridized carbons (Fsp3) is 0.385. The van der Waals surface area contributed by atoms with Crippen molar-refractivity contribution in [2.24, 2.45) is 17.8 Å². The molecule has 1 aromatic carbocycles. The highest BCUT2D eigenvalue weighted by Crippen LogP contribution is 2.66. The molecule has 6 atom stereocenters. The topological polar surface area (TPSA) is 95.0 Å². The SMILES string of the molecule is O=C1C2CC=C3C(CC4(Cl)C(=O)N(CBr)C(=O)C4(Cl)C3c3ccc(O)cc3Cl)C2C(=O)N1Cc1cccs1. The lowest BCUT2D eigenvalue weighted by Gasteiger charge is -2.51. The molecule has 2 saturated heterocycles. The van der Waals surface area contributed by atoms with Gasteiger partial charge in [0.05, 0.1) is 23.8 Å². The zero-order valence-electron chi connectivity index (χ0n) is 19.6. The number of nitrogens with zero attached hydrogens (tertiary/aromatic N) is 2. The molecular formula is C26H20BrCl3N2O5S. The van der Waals surface area contributed by atoms with Gasteiger partial charge in [-0.05, 0) is 47.9 Å². The Morgan fingerprint density at radius 3 is 2.47 bits per heavy atom. The van der Waals surface area contributed by atoms with Crippen molar-refractivity contribution in [1.29, 1.82) is 0 Å². The molecule has 6 rings (SSSR count). The van der Waals surface area contributed by atoms with Gasteiger partial charge in [0.1, 0.15) is 5.75 Å². The molecular weight excluding hydrogens is 639 g/mol. The number of halogens is 4. The average Bonchev–Trinajstić information content (AvgIpc) is 3.52. The van der Waals surface area contributed by atoms with Crippen molar-refractivity contribution in [2.75, 3.05) is 5.45 Å². The van der Waals surface area contributed by atoms with Gasteiger partial charge in [-0.1, -0.05) is 51.3 Å². The maximum Gasteiger partial charge on any atom is 0.254 e. The van der Waals surface area contributed by atoms with E-state index < -0.39 is 45.2 Å². The third kappa shape index (κ3) is 3.38. The van der Waals surface area contributed by atoms with Crippen LogP contribution >= 0.6 is 62.1 Å². The molecule has 0 spiro atoms. The Morgan fingerprint density at radius 2 is 1.82 bits per heavy atom. The molecule has 1 N–H and O–H groups in total. The number of aromatic hydroxyl groups is 1. The van der Waals surface area contributed by atoms with E-state index in [2.05, 4.69) is 15.9 Å². The van der Waals surface area contributed by atoms with Gasteiger partial charge in [-0.25, -0.2) is 0 Å². The smallest absolute Gasteiger partial charge is 0.254 e. The summed E-state index contributed by atoms with van der Waals surface area (Å²) in [4.78, 5) is 53.9. The third-order valence-electron chi connectivity index (χ3n) is 8.30. The van der Waals surface area contributed by atoms with Crippen LogP contribution in [0.1, 0.15) is 29.2 Å². The summed E-state index contributed by atoms with van der Waals surface area (Å²) in [6, 6.07) is 8.04. The van der Waals surface area contributed by atoms with E-state index in [1.54, 1.807) is 6.07 Å². The minimum Gasteiger partial charge on any atom is -0.508 e. The quantitative estimate of drug-likeness (QED) is 0.216. The van der Waals surface area contributed by atoms with E-state index in [1.165, 1.54) is 28.4 Å². The van der Waals surface area contributed by atoms with Gasteiger partial charge < -0.3 is 5.11 Å². The lowest BCUT2D eigenvalue weighted by atomic mass is 9.56. The minimum atomic E-state index is -1.93.